The number of carbonyl (C=O) groups is 1. The van der Waals surface area contributed by atoms with Gasteiger partial charge in [-0.15, -0.1) is 5.59 Å². The first kappa shape index (κ1) is 14.7. The molecule has 122 valence electrons. The second-order valence-corrected chi connectivity index (χ2v) is 6.11. The van der Waals surface area contributed by atoms with Crippen LogP contribution in [-0.2, 0) is 22.5 Å². The minimum absolute atomic E-state index is 0.190. The number of nitrogens with one attached hydrogen (secondary N) is 2. The number of ether oxygens (including phenoxy) is 1. The van der Waals surface area contributed by atoms with Gasteiger partial charge in [0.05, 0.1) is 5.52 Å². The number of benzene rings is 1. The Morgan fingerprint density at radius 1 is 1.30 bits per heavy atom. The molecule has 0 saturated carbocycles. The number of hydrogen-bond acceptors (Lipinski definition) is 4. The smallest absolute Gasteiger partial charge is 0.283 e. The molecule has 0 radical (unpaired) electrons. The van der Waals surface area contributed by atoms with Crippen molar-refractivity contribution in [1.29, 1.82) is 0 Å². The molecular formula is C17H21N3O3. The van der Waals surface area contributed by atoms with Crippen molar-refractivity contribution in [2.75, 3.05) is 6.61 Å². The lowest BCUT2D eigenvalue weighted by Gasteiger charge is -2.22. The Balaban J connectivity index is 1.46. The van der Waals surface area contributed by atoms with Gasteiger partial charge in [0.25, 0.3) is 5.91 Å². The third-order valence-electron chi connectivity index (χ3n) is 4.56. The van der Waals surface area contributed by atoms with Crippen LogP contribution in [0, 0.1) is 0 Å². The minimum atomic E-state index is -0.291. The zero-order valence-electron chi connectivity index (χ0n) is 13.0. The Hall–Kier alpha value is -1.89. The summed E-state index contributed by atoms with van der Waals surface area (Å²) in [5, 5.41) is 1.11. The molecular weight excluding hydrogens is 294 g/mol. The second-order valence-electron chi connectivity index (χ2n) is 6.11. The molecule has 2 aromatic rings. The third-order valence-corrected chi connectivity index (χ3v) is 4.56. The summed E-state index contributed by atoms with van der Waals surface area (Å²) in [6.45, 7) is 1.58. The van der Waals surface area contributed by atoms with Gasteiger partial charge in [-0.25, -0.2) is 0 Å². The first-order chi connectivity index (χ1) is 11.3. The van der Waals surface area contributed by atoms with Crippen LogP contribution in [0.4, 0.5) is 0 Å². The molecule has 6 heteroatoms. The van der Waals surface area contributed by atoms with E-state index in [-0.39, 0.29) is 12.2 Å². The van der Waals surface area contributed by atoms with Crippen molar-refractivity contribution < 1.29 is 14.4 Å². The summed E-state index contributed by atoms with van der Waals surface area (Å²) in [5.41, 5.74) is 8.31. The van der Waals surface area contributed by atoms with Gasteiger partial charge in [-0.2, -0.15) is 0 Å². The van der Waals surface area contributed by atoms with E-state index in [1.807, 2.05) is 6.07 Å². The van der Waals surface area contributed by atoms with Crippen molar-refractivity contribution in [1.82, 2.24) is 15.6 Å². The molecule has 6 nitrogen and oxygen atoms in total. The highest BCUT2D eigenvalue weighted by Gasteiger charge is 2.21. The fraction of sp³-hybridized carbons (Fsp3) is 0.471. The molecule has 2 N–H and O–H groups in total. The topological polar surface area (TPSA) is 64.5 Å². The lowest BCUT2D eigenvalue weighted by Crippen LogP contribution is -2.42. The van der Waals surface area contributed by atoms with Gasteiger partial charge < -0.3 is 9.30 Å². The monoisotopic (exact) mass is 315 g/mol. The fourth-order valence-electron chi connectivity index (χ4n) is 3.46. The third kappa shape index (κ3) is 2.85. The lowest BCUT2D eigenvalue weighted by molar-refractivity contribution is -0.203. The van der Waals surface area contributed by atoms with Crippen LogP contribution in [0.15, 0.2) is 24.3 Å². The van der Waals surface area contributed by atoms with E-state index >= 15 is 0 Å². The van der Waals surface area contributed by atoms with E-state index in [4.69, 9.17) is 9.57 Å². The van der Waals surface area contributed by atoms with Gasteiger partial charge in [0.2, 0.25) is 0 Å². The van der Waals surface area contributed by atoms with Crippen LogP contribution in [0.3, 0.4) is 0 Å². The van der Waals surface area contributed by atoms with Crippen LogP contribution < -0.4 is 11.0 Å². The van der Waals surface area contributed by atoms with Crippen molar-refractivity contribution in [3.63, 3.8) is 0 Å². The molecule has 0 aliphatic carbocycles. The Kier molecular flexibility index (Phi) is 4.03. The van der Waals surface area contributed by atoms with Crippen LogP contribution in [0.2, 0.25) is 0 Å². The molecule has 1 fully saturated rings. The summed E-state index contributed by atoms with van der Waals surface area (Å²) >= 11 is 0. The van der Waals surface area contributed by atoms with Crippen molar-refractivity contribution >= 4 is 16.8 Å². The number of hydrazine groups is 1. The van der Waals surface area contributed by atoms with Crippen LogP contribution in [-0.4, -0.2) is 23.4 Å². The predicted octanol–water partition coefficient (Wildman–Crippen LogP) is 2.28. The van der Waals surface area contributed by atoms with Crippen LogP contribution >= 0.6 is 0 Å². The van der Waals surface area contributed by atoms with Crippen molar-refractivity contribution in [3.05, 3.63) is 35.5 Å². The fourth-order valence-corrected chi connectivity index (χ4v) is 3.46. The highest BCUT2D eigenvalue weighted by Crippen LogP contribution is 2.28. The normalized spacial score (nSPS) is 20.6. The average molecular weight is 315 g/mol. The molecule has 3 heterocycles. The van der Waals surface area contributed by atoms with E-state index in [0.29, 0.717) is 12.3 Å². The average Bonchev–Trinajstić information content (AvgIpc) is 2.97. The number of hydrogen-bond donors (Lipinski definition) is 2. The molecule has 2 aliphatic heterocycles. The molecule has 4 rings (SSSR count). The molecule has 0 spiro atoms. The molecule has 1 saturated heterocycles. The summed E-state index contributed by atoms with van der Waals surface area (Å²) < 4.78 is 7.54. The van der Waals surface area contributed by atoms with Crippen molar-refractivity contribution in [3.8, 4) is 0 Å². The van der Waals surface area contributed by atoms with E-state index in [2.05, 4.69) is 33.8 Å². The summed E-state index contributed by atoms with van der Waals surface area (Å²) in [6, 6.07) is 8.19. The van der Waals surface area contributed by atoms with E-state index in [1.54, 1.807) is 0 Å². The first-order valence-corrected chi connectivity index (χ1v) is 8.26. The van der Waals surface area contributed by atoms with Gasteiger partial charge in [-0.3, -0.25) is 15.1 Å². The number of para-hydroxylation sites is 1. The van der Waals surface area contributed by atoms with Crippen molar-refractivity contribution in [2.45, 2.75) is 44.9 Å². The molecule has 2 aliphatic rings. The maximum atomic E-state index is 12.5. The molecule has 1 unspecified atom stereocenters. The van der Waals surface area contributed by atoms with E-state index in [9.17, 15) is 4.79 Å². The largest absolute Gasteiger partial charge is 0.351 e. The number of aryl methyl sites for hydroxylation is 2. The first-order valence-electron chi connectivity index (χ1n) is 8.26. The standard InChI is InChI=1S/C17H21N3O3/c21-17(18-19-23-15-8-1-2-10-22-15)14-11-13-6-3-5-12-7-4-9-20(14)16(12)13/h3,5-6,11,15,19H,1-2,4,7-10H2,(H,18,21). The van der Waals surface area contributed by atoms with E-state index < -0.39 is 0 Å². The Morgan fingerprint density at radius 3 is 3.13 bits per heavy atom. The summed E-state index contributed by atoms with van der Waals surface area (Å²) in [5.74, 6) is -0.190. The van der Waals surface area contributed by atoms with Gasteiger partial charge in [0.15, 0.2) is 6.29 Å². The van der Waals surface area contributed by atoms with Crippen LogP contribution in [0.1, 0.15) is 41.7 Å². The maximum Gasteiger partial charge on any atom is 0.283 e. The molecule has 23 heavy (non-hydrogen) atoms. The minimum Gasteiger partial charge on any atom is -0.351 e. The lowest BCUT2D eigenvalue weighted by atomic mass is 10.0. The number of amides is 1. The van der Waals surface area contributed by atoms with Gasteiger partial charge >= 0.3 is 0 Å². The maximum absolute atomic E-state index is 12.5. The molecule has 1 amide bonds. The SMILES string of the molecule is O=C(NNOC1CCCCO1)c1cc2cccc3c2n1CCC3. The summed E-state index contributed by atoms with van der Waals surface area (Å²) in [6.07, 6.45) is 4.82. The number of carbonyl (C=O) groups excluding carboxylic acids is 1. The summed E-state index contributed by atoms with van der Waals surface area (Å²) in [7, 11) is 0. The zero-order chi connectivity index (χ0) is 15.6. The Morgan fingerprint density at radius 2 is 2.26 bits per heavy atom. The summed E-state index contributed by atoms with van der Waals surface area (Å²) in [4.78, 5) is 17.8. The Bertz CT molecular complexity index is 719. The number of rotatable bonds is 4. The van der Waals surface area contributed by atoms with Crippen LogP contribution in [0.25, 0.3) is 10.9 Å². The number of aromatic nitrogens is 1. The Labute approximate surface area is 134 Å². The molecule has 0 bridgehead atoms. The molecule has 1 aromatic heterocycles. The van der Waals surface area contributed by atoms with E-state index in [1.165, 1.54) is 11.1 Å². The van der Waals surface area contributed by atoms with Crippen LogP contribution in [0.5, 0.6) is 0 Å². The highest BCUT2D eigenvalue weighted by atomic mass is 16.8. The molecule has 1 atom stereocenters. The number of nitrogens with zero attached hydrogens (tertiary/aromatic N) is 1. The van der Waals surface area contributed by atoms with Gasteiger partial charge in [0.1, 0.15) is 5.69 Å². The van der Waals surface area contributed by atoms with Gasteiger partial charge in [-0.05, 0) is 37.3 Å². The zero-order valence-corrected chi connectivity index (χ0v) is 13.0. The second kappa shape index (κ2) is 6.31. The predicted molar refractivity (Wildman–Crippen MR) is 85.5 cm³/mol. The quantitative estimate of drug-likeness (QED) is 0.850. The van der Waals surface area contributed by atoms with Gasteiger partial charge in [-0.1, -0.05) is 18.2 Å². The van der Waals surface area contributed by atoms with Crippen molar-refractivity contribution in [2.24, 2.45) is 0 Å². The van der Waals surface area contributed by atoms with E-state index in [0.717, 1.165) is 44.0 Å². The van der Waals surface area contributed by atoms with Gasteiger partial charge in [0, 0.05) is 25.0 Å². The highest BCUT2D eigenvalue weighted by molar-refractivity contribution is 5.99. The molecule has 1 aromatic carbocycles.